The summed E-state index contributed by atoms with van der Waals surface area (Å²) in [5, 5.41) is 4.38. The molecule has 0 spiro atoms. The number of anilines is 1. The lowest BCUT2D eigenvalue weighted by molar-refractivity contribution is 0.391. The summed E-state index contributed by atoms with van der Waals surface area (Å²) in [5.74, 6) is 0. The van der Waals surface area contributed by atoms with Gasteiger partial charge < -0.3 is 10.2 Å². The Morgan fingerprint density at radius 1 is 0.917 bits per heavy atom. The van der Waals surface area contributed by atoms with Gasteiger partial charge in [0.1, 0.15) is 0 Å². The Bertz CT molecular complexity index is 473. The molecule has 0 aliphatic heterocycles. The molecular formula is C21H36N2S. The van der Waals surface area contributed by atoms with Gasteiger partial charge in [0.05, 0.1) is 0 Å². The highest BCUT2D eigenvalue weighted by Crippen LogP contribution is 2.17. The normalized spacial score (nSPS) is 10.7. The summed E-state index contributed by atoms with van der Waals surface area (Å²) in [7, 11) is 0. The average molecular weight is 349 g/mol. The molecule has 1 N–H and O–H groups in total. The molecule has 0 heterocycles. The van der Waals surface area contributed by atoms with Crippen LogP contribution in [0.15, 0.2) is 18.2 Å². The number of nitrogens with zero attached hydrogens (tertiary/aromatic N) is 1. The number of unbranched alkanes of at least 4 members (excludes halogenated alkanes) is 6. The van der Waals surface area contributed by atoms with Crippen LogP contribution in [-0.4, -0.2) is 23.1 Å². The third kappa shape index (κ3) is 8.14. The number of aryl methyl sites for hydroxylation is 2. The maximum atomic E-state index is 5.73. The van der Waals surface area contributed by atoms with E-state index in [1.165, 1.54) is 62.5 Å². The quantitative estimate of drug-likeness (QED) is 0.365. The molecule has 0 amide bonds. The van der Waals surface area contributed by atoms with Crippen molar-refractivity contribution in [1.82, 2.24) is 4.90 Å². The van der Waals surface area contributed by atoms with Crippen LogP contribution in [0.4, 0.5) is 5.69 Å². The fourth-order valence-corrected chi connectivity index (χ4v) is 3.13. The van der Waals surface area contributed by atoms with Crippen LogP contribution < -0.4 is 5.32 Å². The monoisotopic (exact) mass is 348 g/mol. The zero-order valence-electron chi connectivity index (χ0n) is 16.2. The minimum atomic E-state index is 0.886. The second-order valence-electron chi connectivity index (χ2n) is 6.86. The molecule has 0 aliphatic carbocycles. The van der Waals surface area contributed by atoms with E-state index < -0.39 is 0 Å². The van der Waals surface area contributed by atoms with E-state index in [1.807, 2.05) is 0 Å². The van der Waals surface area contributed by atoms with Gasteiger partial charge in [0, 0.05) is 18.8 Å². The highest BCUT2D eigenvalue weighted by Gasteiger charge is 2.10. The van der Waals surface area contributed by atoms with Crippen LogP contribution in [-0.2, 0) is 0 Å². The van der Waals surface area contributed by atoms with Crippen LogP contribution in [0.3, 0.4) is 0 Å². The molecule has 0 saturated carbocycles. The van der Waals surface area contributed by atoms with Crippen molar-refractivity contribution in [2.45, 2.75) is 79.1 Å². The first-order valence-electron chi connectivity index (χ1n) is 9.71. The van der Waals surface area contributed by atoms with Gasteiger partial charge in [-0.05, 0) is 56.1 Å². The number of hydrogen-bond acceptors (Lipinski definition) is 1. The molecule has 0 saturated heterocycles. The Labute approximate surface area is 155 Å². The third-order valence-corrected chi connectivity index (χ3v) is 4.85. The second-order valence-corrected chi connectivity index (χ2v) is 7.24. The summed E-state index contributed by atoms with van der Waals surface area (Å²) in [5.41, 5.74) is 3.66. The minimum absolute atomic E-state index is 0.886. The maximum Gasteiger partial charge on any atom is 0.173 e. The average Bonchev–Trinajstić information content (AvgIpc) is 2.56. The van der Waals surface area contributed by atoms with Gasteiger partial charge in [-0.25, -0.2) is 0 Å². The van der Waals surface area contributed by atoms with Crippen LogP contribution in [0.2, 0.25) is 0 Å². The Morgan fingerprint density at radius 2 is 1.50 bits per heavy atom. The Hall–Kier alpha value is -1.09. The van der Waals surface area contributed by atoms with E-state index in [9.17, 15) is 0 Å². The lowest BCUT2D eigenvalue weighted by atomic mass is 10.1. The van der Waals surface area contributed by atoms with Crippen LogP contribution >= 0.6 is 12.2 Å². The third-order valence-electron chi connectivity index (χ3n) is 4.49. The van der Waals surface area contributed by atoms with Gasteiger partial charge in [-0.3, -0.25) is 0 Å². The minimum Gasteiger partial charge on any atom is -0.349 e. The molecule has 0 aliphatic rings. The topological polar surface area (TPSA) is 15.3 Å². The van der Waals surface area contributed by atoms with Gasteiger partial charge in [0.2, 0.25) is 0 Å². The molecule has 0 bridgehead atoms. The van der Waals surface area contributed by atoms with Gasteiger partial charge in [-0.15, -0.1) is 0 Å². The molecule has 0 atom stereocenters. The molecule has 1 aromatic carbocycles. The van der Waals surface area contributed by atoms with E-state index in [0.29, 0.717) is 0 Å². The molecule has 3 heteroatoms. The summed E-state index contributed by atoms with van der Waals surface area (Å²) >= 11 is 5.73. The Balaban J connectivity index is 2.61. The maximum absolute atomic E-state index is 5.73. The van der Waals surface area contributed by atoms with Crippen LogP contribution in [0.5, 0.6) is 0 Å². The van der Waals surface area contributed by atoms with E-state index in [0.717, 1.165) is 23.9 Å². The van der Waals surface area contributed by atoms with Gasteiger partial charge in [-0.1, -0.05) is 64.5 Å². The number of hydrogen-bond donors (Lipinski definition) is 1. The molecule has 1 aromatic rings. The molecule has 0 aromatic heterocycles. The summed E-state index contributed by atoms with van der Waals surface area (Å²) in [4.78, 5) is 2.38. The summed E-state index contributed by atoms with van der Waals surface area (Å²) in [6, 6.07) is 6.50. The standard InChI is InChI=1S/C21H36N2S/c1-5-7-9-11-15-23(16-12-10-8-6-2)21(24)22-20-17-18(3)13-14-19(20)4/h13-14,17H,5-12,15-16H2,1-4H3,(H,22,24). The van der Waals surface area contributed by atoms with Crippen LogP contribution in [0.1, 0.15) is 76.3 Å². The molecule has 2 nitrogen and oxygen atoms in total. The van der Waals surface area contributed by atoms with E-state index in [4.69, 9.17) is 12.2 Å². The number of benzene rings is 1. The summed E-state index contributed by atoms with van der Waals surface area (Å²) < 4.78 is 0. The lowest BCUT2D eigenvalue weighted by Crippen LogP contribution is -2.36. The van der Waals surface area contributed by atoms with Crippen molar-refractivity contribution in [3.8, 4) is 0 Å². The SMILES string of the molecule is CCCCCCN(CCCCCC)C(=S)Nc1cc(C)ccc1C. The highest BCUT2D eigenvalue weighted by molar-refractivity contribution is 7.80. The Morgan fingerprint density at radius 3 is 2.04 bits per heavy atom. The van der Waals surface area contributed by atoms with E-state index in [-0.39, 0.29) is 0 Å². The van der Waals surface area contributed by atoms with E-state index >= 15 is 0 Å². The molecule has 0 radical (unpaired) electrons. The van der Waals surface area contributed by atoms with Crippen molar-refractivity contribution in [2.24, 2.45) is 0 Å². The largest absolute Gasteiger partial charge is 0.349 e. The first-order chi connectivity index (χ1) is 11.6. The van der Waals surface area contributed by atoms with E-state index in [1.54, 1.807) is 0 Å². The van der Waals surface area contributed by atoms with Crippen molar-refractivity contribution >= 4 is 23.0 Å². The zero-order chi connectivity index (χ0) is 17.8. The fourth-order valence-electron chi connectivity index (χ4n) is 2.84. The van der Waals surface area contributed by atoms with Crippen molar-refractivity contribution < 1.29 is 0 Å². The predicted octanol–water partition coefficient (Wildman–Crippen LogP) is 6.46. The zero-order valence-corrected chi connectivity index (χ0v) is 17.0. The molecule has 0 fully saturated rings. The number of rotatable bonds is 11. The van der Waals surface area contributed by atoms with E-state index in [2.05, 4.69) is 56.1 Å². The number of thiocarbonyl (C=S) groups is 1. The summed E-state index contributed by atoms with van der Waals surface area (Å²) in [6.45, 7) is 10.9. The first-order valence-corrected chi connectivity index (χ1v) is 10.1. The summed E-state index contributed by atoms with van der Waals surface area (Å²) in [6.07, 6.45) is 10.3. The van der Waals surface area contributed by atoms with Crippen molar-refractivity contribution in [1.29, 1.82) is 0 Å². The second kappa shape index (κ2) is 12.3. The highest BCUT2D eigenvalue weighted by atomic mass is 32.1. The molecule has 136 valence electrons. The van der Waals surface area contributed by atoms with Gasteiger partial charge in [-0.2, -0.15) is 0 Å². The molecule has 24 heavy (non-hydrogen) atoms. The van der Waals surface area contributed by atoms with Crippen LogP contribution in [0, 0.1) is 13.8 Å². The van der Waals surface area contributed by atoms with Gasteiger partial charge >= 0.3 is 0 Å². The van der Waals surface area contributed by atoms with Gasteiger partial charge in [0.15, 0.2) is 5.11 Å². The Kier molecular flexibility index (Phi) is 10.7. The van der Waals surface area contributed by atoms with Crippen LogP contribution in [0.25, 0.3) is 0 Å². The molecular weight excluding hydrogens is 312 g/mol. The number of nitrogens with one attached hydrogen (secondary N) is 1. The molecule has 0 unspecified atom stereocenters. The van der Waals surface area contributed by atoms with Crippen molar-refractivity contribution in [3.05, 3.63) is 29.3 Å². The smallest absolute Gasteiger partial charge is 0.173 e. The van der Waals surface area contributed by atoms with Crippen molar-refractivity contribution in [3.63, 3.8) is 0 Å². The molecule has 1 rings (SSSR count). The predicted molar refractivity (Wildman–Crippen MR) is 112 cm³/mol. The lowest BCUT2D eigenvalue weighted by Gasteiger charge is -2.26. The van der Waals surface area contributed by atoms with Gasteiger partial charge in [0.25, 0.3) is 0 Å². The fraction of sp³-hybridized carbons (Fsp3) is 0.667. The van der Waals surface area contributed by atoms with Crippen molar-refractivity contribution in [2.75, 3.05) is 18.4 Å². The first kappa shape index (κ1) is 21.0.